The summed E-state index contributed by atoms with van der Waals surface area (Å²) in [6.45, 7) is 0. The van der Waals surface area contributed by atoms with E-state index in [1.165, 1.54) is 11.3 Å². The van der Waals surface area contributed by atoms with Crippen LogP contribution in [0, 0.1) is 0 Å². The van der Waals surface area contributed by atoms with Crippen LogP contribution in [0.5, 0.6) is 0 Å². The van der Waals surface area contributed by atoms with Crippen molar-refractivity contribution < 1.29 is 0 Å². The van der Waals surface area contributed by atoms with Crippen molar-refractivity contribution >= 4 is 23.5 Å². The summed E-state index contributed by atoms with van der Waals surface area (Å²) < 4.78 is 0. The molecule has 0 heterocycles. The van der Waals surface area contributed by atoms with Crippen molar-refractivity contribution in [2.24, 2.45) is 0 Å². The van der Waals surface area contributed by atoms with Gasteiger partial charge in [0.25, 0.3) is 0 Å². The Kier molecular flexibility index (Phi) is 3.68. The minimum absolute atomic E-state index is 0.794. The molecular weight excluding hydrogens is 220 g/mol. The fourth-order valence-electron chi connectivity index (χ4n) is 1.68. The van der Waals surface area contributed by atoms with Crippen LogP contribution in [0.2, 0.25) is 0 Å². The van der Waals surface area contributed by atoms with Crippen molar-refractivity contribution in [3.63, 3.8) is 0 Å². The van der Waals surface area contributed by atoms with Gasteiger partial charge in [-0.25, -0.2) is 0 Å². The number of nitrogens with zero attached hydrogens (tertiary/aromatic N) is 1. The Morgan fingerprint density at radius 3 is 1.67 bits per heavy atom. The molecule has 2 N–H and O–H groups in total. The van der Waals surface area contributed by atoms with Crippen molar-refractivity contribution in [2.45, 2.75) is 0 Å². The first-order valence-corrected chi connectivity index (χ1v) is 5.96. The molecule has 0 aromatic heterocycles. The molecule has 0 spiro atoms. The van der Waals surface area contributed by atoms with Crippen LogP contribution in [0.1, 0.15) is 11.1 Å². The van der Waals surface area contributed by atoms with Gasteiger partial charge in [-0.3, -0.25) is 0 Å². The lowest BCUT2D eigenvalue weighted by Crippen LogP contribution is -2.07. The second-order valence-electron chi connectivity index (χ2n) is 4.49. The van der Waals surface area contributed by atoms with Crippen molar-refractivity contribution in [1.29, 1.82) is 0 Å². The van der Waals surface area contributed by atoms with E-state index < -0.39 is 0 Å². The van der Waals surface area contributed by atoms with Gasteiger partial charge in [0, 0.05) is 25.5 Å². The number of benzene rings is 2. The van der Waals surface area contributed by atoms with Crippen molar-refractivity contribution in [3.05, 3.63) is 59.7 Å². The molecular formula is C16H18N2. The molecule has 2 heteroatoms. The first kappa shape index (κ1) is 12.2. The van der Waals surface area contributed by atoms with E-state index in [0.717, 1.165) is 11.3 Å². The molecule has 0 saturated carbocycles. The maximum atomic E-state index is 5.65. The molecule has 0 aliphatic heterocycles. The lowest BCUT2D eigenvalue weighted by molar-refractivity contribution is 1.13. The number of anilines is 2. The molecule has 0 aliphatic rings. The Labute approximate surface area is 108 Å². The maximum absolute atomic E-state index is 5.65. The Morgan fingerprint density at radius 1 is 0.778 bits per heavy atom. The Morgan fingerprint density at radius 2 is 1.22 bits per heavy atom. The van der Waals surface area contributed by atoms with Crippen LogP contribution >= 0.6 is 0 Å². The zero-order chi connectivity index (χ0) is 13.0. The lowest BCUT2D eigenvalue weighted by Gasteiger charge is -2.11. The summed E-state index contributed by atoms with van der Waals surface area (Å²) in [5.41, 5.74) is 10.00. The van der Waals surface area contributed by atoms with E-state index >= 15 is 0 Å². The quantitative estimate of drug-likeness (QED) is 0.655. The van der Waals surface area contributed by atoms with Crippen LogP contribution in [0.3, 0.4) is 0 Å². The van der Waals surface area contributed by atoms with Gasteiger partial charge in [-0.15, -0.1) is 0 Å². The Balaban J connectivity index is 2.11. The van der Waals surface area contributed by atoms with Crippen LogP contribution in [0.25, 0.3) is 12.2 Å². The topological polar surface area (TPSA) is 29.3 Å². The maximum Gasteiger partial charge on any atom is 0.0361 e. The molecule has 2 nitrogen and oxygen atoms in total. The number of nitrogen functional groups attached to an aromatic ring is 1. The molecule has 0 amide bonds. The minimum Gasteiger partial charge on any atom is -0.399 e. The van der Waals surface area contributed by atoms with E-state index in [0.29, 0.717) is 0 Å². The van der Waals surface area contributed by atoms with Gasteiger partial charge in [-0.05, 0) is 35.4 Å². The number of hydrogen-bond acceptors (Lipinski definition) is 2. The highest BCUT2D eigenvalue weighted by Gasteiger charge is 1.93. The molecule has 0 unspecified atom stereocenters. The minimum atomic E-state index is 0.794. The second-order valence-corrected chi connectivity index (χ2v) is 4.49. The first-order chi connectivity index (χ1) is 8.65. The zero-order valence-electron chi connectivity index (χ0n) is 10.8. The normalized spacial score (nSPS) is 10.8. The molecule has 92 valence electrons. The number of nitrogens with two attached hydrogens (primary N) is 1. The molecule has 2 aromatic carbocycles. The summed E-state index contributed by atoms with van der Waals surface area (Å²) in [5, 5.41) is 0. The number of hydrogen-bond donors (Lipinski definition) is 1. The van der Waals surface area contributed by atoms with E-state index in [-0.39, 0.29) is 0 Å². The zero-order valence-corrected chi connectivity index (χ0v) is 10.8. The largest absolute Gasteiger partial charge is 0.399 e. The Hall–Kier alpha value is -2.22. The van der Waals surface area contributed by atoms with Gasteiger partial charge < -0.3 is 10.6 Å². The predicted molar refractivity (Wildman–Crippen MR) is 80.6 cm³/mol. The molecule has 0 bridgehead atoms. The lowest BCUT2D eigenvalue weighted by atomic mass is 10.1. The van der Waals surface area contributed by atoms with E-state index in [4.69, 9.17) is 5.73 Å². The van der Waals surface area contributed by atoms with Gasteiger partial charge in [-0.1, -0.05) is 36.4 Å². The van der Waals surface area contributed by atoms with E-state index in [1.807, 2.05) is 38.4 Å². The fraction of sp³-hybridized carbons (Fsp3) is 0.125. The second kappa shape index (κ2) is 5.41. The highest BCUT2D eigenvalue weighted by molar-refractivity contribution is 5.71. The summed E-state index contributed by atoms with van der Waals surface area (Å²) in [4.78, 5) is 2.09. The average molecular weight is 238 g/mol. The van der Waals surface area contributed by atoms with Crippen LogP contribution in [-0.2, 0) is 0 Å². The predicted octanol–water partition coefficient (Wildman–Crippen LogP) is 3.51. The third kappa shape index (κ3) is 3.14. The molecule has 0 atom stereocenters. The van der Waals surface area contributed by atoms with Crippen LogP contribution in [0.15, 0.2) is 48.5 Å². The molecule has 2 aromatic rings. The van der Waals surface area contributed by atoms with Crippen LogP contribution < -0.4 is 10.6 Å². The molecule has 0 radical (unpaired) electrons. The molecule has 0 fully saturated rings. The third-order valence-corrected chi connectivity index (χ3v) is 2.81. The van der Waals surface area contributed by atoms with Gasteiger partial charge in [0.15, 0.2) is 0 Å². The summed E-state index contributed by atoms with van der Waals surface area (Å²) in [5.74, 6) is 0. The van der Waals surface area contributed by atoms with Crippen molar-refractivity contribution in [2.75, 3.05) is 24.7 Å². The first-order valence-electron chi connectivity index (χ1n) is 5.96. The molecule has 0 aliphatic carbocycles. The van der Waals surface area contributed by atoms with Gasteiger partial charge in [0.1, 0.15) is 0 Å². The monoisotopic (exact) mass is 238 g/mol. The van der Waals surface area contributed by atoms with Crippen LogP contribution in [-0.4, -0.2) is 14.1 Å². The van der Waals surface area contributed by atoms with Gasteiger partial charge in [0.05, 0.1) is 0 Å². The summed E-state index contributed by atoms with van der Waals surface area (Å²) >= 11 is 0. The molecule has 2 rings (SSSR count). The number of rotatable bonds is 3. The highest BCUT2D eigenvalue weighted by Crippen LogP contribution is 2.15. The molecule has 0 saturated heterocycles. The smallest absolute Gasteiger partial charge is 0.0361 e. The van der Waals surface area contributed by atoms with E-state index in [2.05, 4.69) is 41.3 Å². The standard InChI is InChI=1S/C16H18N2/c1-18(2)16-11-7-14(8-12-16)4-3-13-5-9-15(17)10-6-13/h3-12H,17H2,1-2H3. The highest BCUT2D eigenvalue weighted by atomic mass is 15.1. The Bertz CT molecular complexity index is 522. The SMILES string of the molecule is CN(C)c1ccc(C=Cc2ccc(N)cc2)cc1. The van der Waals surface area contributed by atoms with Gasteiger partial charge in [-0.2, -0.15) is 0 Å². The summed E-state index contributed by atoms with van der Waals surface area (Å²) in [6.07, 6.45) is 4.19. The van der Waals surface area contributed by atoms with Crippen LogP contribution in [0.4, 0.5) is 11.4 Å². The molecule has 18 heavy (non-hydrogen) atoms. The third-order valence-electron chi connectivity index (χ3n) is 2.81. The summed E-state index contributed by atoms with van der Waals surface area (Å²) in [7, 11) is 4.08. The summed E-state index contributed by atoms with van der Waals surface area (Å²) in [6, 6.07) is 16.3. The van der Waals surface area contributed by atoms with Crippen molar-refractivity contribution in [3.8, 4) is 0 Å². The van der Waals surface area contributed by atoms with Gasteiger partial charge >= 0.3 is 0 Å². The fourth-order valence-corrected chi connectivity index (χ4v) is 1.68. The van der Waals surface area contributed by atoms with E-state index in [9.17, 15) is 0 Å². The van der Waals surface area contributed by atoms with Crippen molar-refractivity contribution in [1.82, 2.24) is 0 Å². The van der Waals surface area contributed by atoms with E-state index in [1.54, 1.807) is 0 Å². The van der Waals surface area contributed by atoms with Gasteiger partial charge in [0.2, 0.25) is 0 Å². The average Bonchev–Trinajstić information content (AvgIpc) is 2.38.